The maximum absolute atomic E-state index is 12.2. The van der Waals surface area contributed by atoms with Gasteiger partial charge < -0.3 is 10.4 Å². The van der Waals surface area contributed by atoms with Crippen molar-refractivity contribution in [1.82, 2.24) is 15.1 Å². The van der Waals surface area contributed by atoms with Crippen molar-refractivity contribution in [2.24, 2.45) is 13.0 Å². The van der Waals surface area contributed by atoms with Gasteiger partial charge in [-0.3, -0.25) is 14.3 Å². The van der Waals surface area contributed by atoms with E-state index in [4.69, 9.17) is 5.11 Å². The van der Waals surface area contributed by atoms with E-state index in [9.17, 15) is 9.59 Å². The Bertz CT molecular complexity index is 508. The molecule has 0 spiro atoms. The van der Waals surface area contributed by atoms with Gasteiger partial charge in [-0.2, -0.15) is 5.10 Å². The van der Waals surface area contributed by atoms with Gasteiger partial charge in [0.05, 0.1) is 11.6 Å². The number of hydrogen-bond acceptors (Lipinski definition) is 3. The molecular formula is C14H23N3O3. The Morgan fingerprint density at radius 2 is 1.95 bits per heavy atom. The maximum atomic E-state index is 12.2. The fourth-order valence-corrected chi connectivity index (χ4v) is 2.35. The molecule has 0 aromatic carbocycles. The first-order chi connectivity index (χ1) is 9.23. The smallest absolute Gasteiger partial charge is 0.303 e. The summed E-state index contributed by atoms with van der Waals surface area (Å²) in [5, 5.41) is 15.8. The van der Waals surface area contributed by atoms with E-state index >= 15 is 0 Å². The van der Waals surface area contributed by atoms with Crippen molar-refractivity contribution in [1.29, 1.82) is 0 Å². The van der Waals surface area contributed by atoms with Crippen molar-refractivity contribution in [2.45, 2.75) is 40.0 Å². The lowest BCUT2D eigenvalue weighted by molar-refractivity contribution is -0.138. The number of nitrogens with zero attached hydrogens (tertiary/aromatic N) is 2. The number of aliphatic carboxylic acids is 1. The molecule has 1 rings (SSSR count). The molecule has 1 amide bonds. The van der Waals surface area contributed by atoms with Crippen LogP contribution in [0.3, 0.4) is 0 Å². The van der Waals surface area contributed by atoms with Crippen LogP contribution in [-0.4, -0.2) is 33.3 Å². The molecule has 6 nitrogen and oxygen atoms in total. The number of nitrogens with one attached hydrogen (secondary N) is 1. The first kappa shape index (κ1) is 16.2. The monoisotopic (exact) mass is 281 g/mol. The number of hydrogen-bond donors (Lipinski definition) is 2. The lowest BCUT2D eigenvalue weighted by atomic mass is 9.98. The van der Waals surface area contributed by atoms with Crippen molar-refractivity contribution in [3.8, 4) is 0 Å². The average Bonchev–Trinajstić information content (AvgIpc) is 2.58. The summed E-state index contributed by atoms with van der Waals surface area (Å²) < 4.78 is 1.77. The minimum atomic E-state index is -0.848. The molecule has 2 atom stereocenters. The zero-order valence-corrected chi connectivity index (χ0v) is 12.7. The Kier molecular flexibility index (Phi) is 5.30. The number of carbonyl (C=O) groups excluding carboxylic acids is 1. The molecule has 2 N–H and O–H groups in total. The highest BCUT2D eigenvalue weighted by Gasteiger charge is 2.22. The first-order valence-corrected chi connectivity index (χ1v) is 6.73. The van der Waals surface area contributed by atoms with Gasteiger partial charge in [0.1, 0.15) is 0 Å². The van der Waals surface area contributed by atoms with Crippen LogP contribution < -0.4 is 5.32 Å². The predicted octanol–water partition coefficient (Wildman–Crippen LogP) is 1.37. The number of carboxylic acid groups (broad SMARTS) is 1. The molecule has 6 heteroatoms. The highest BCUT2D eigenvalue weighted by molar-refractivity contribution is 5.83. The van der Waals surface area contributed by atoms with Crippen LogP contribution in [-0.2, 0) is 16.6 Å². The molecule has 0 saturated carbocycles. The fourth-order valence-electron chi connectivity index (χ4n) is 2.35. The van der Waals surface area contributed by atoms with Crippen LogP contribution in [0.15, 0.2) is 0 Å². The van der Waals surface area contributed by atoms with Crippen LogP contribution in [0.25, 0.3) is 0 Å². The van der Waals surface area contributed by atoms with Crippen LogP contribution in [0.4, 0.5) is 0 Å². The van der Waals surface area contributed by atoms with Crippen LogP contribution in [0.5, 0.6) is 0 Å². The molecule has 1 aromatic heterocycles. The topological polar surface area (TPSA) is 84.2 Å². The Morgan fingerprint density at radius 1 is 1.35 bits per heavy atom. The van der Waals surface area contributed by atoms with Crippen LogP contribution in [0.2, 0.25) is 0 Å². The minimum absolute atomic E-state index is 0.0552. The quantitative estimate of drug-likeness (QED) is 0.824. The summed E-state index contributed by atoms with van der Waals surface area (Å²) in [4.78, 5) is 22.7. The molecule has 0 radical (unpaired) electrons. The van der Waals surface area contributed by atoms with Gasteiger partial charge in [-0.15, -0.1) is 0 Å². The number of amides is 1. The van der Waals surface area contributed by atoms with Crippen molar-refractivity contribution < 1.29 is 14.7 Å². The van der Waals surface area contributed by atoms with Gasteiger partial charge in [0.2, 0.25) is 5.91 Å². The summed E-state index contributed by atoms with van der Waals surface area (Å²) in [6, 6.07) is 0. The van der Waals surface area contributed by atoms with E-state index in [1.165, 1.54) is 0 Å². The van der Waals surface area contributed by atoms with E-state index in [2.05, 4.69) is 10.4 Å². The van der Waals surface area contributed by atoms with Crippen molar-refractivity contribution in [2.75, 3.05) is 6.54 Å². The standard InChI is InChI=1S/C14H23N3O3/c1-8(6-12(18)19)7-15-14(20)9(2)13-10(3)16-17(5)11(13)4/h8-9H,6-7H2,1-5H3,(H,15,20)(H,18,19). The summed E-state index contributed by atoms with van der Waals surface area (Å²) in [5.41, 5.74) is 2.77. The molecule has 0 saturated heterocycles. The van der Waals surface area contributed by atoms with Gasteiger partial charge in [-0.05, 0) is 26.7 Å². The second kappa shape index (κ2) is 6.54. The van der Waals surface area contributed by atoms with E-state index in [1.54, 1.807) is 11.6 Å². The van der Waals surface area contributed by atoms with Crippen molar-refractivity contribution in [3.63, 3.8) is 0 Å². The van der Waals surface area contributed by atoms with E-state index in [1.807, 2.05) is 27.8 Å². The molecule has 0 aliphatic carbocycles. The summed E-state index contributed by atoms with van der Waals surface area (Å²) >= 11 is 0. The lowest BCUT2D eigenvalue weighted by Gasteiger charge is -2.15. The van der Waals surface area contributed by atoms with Crippen LogP contribution >= 0.6 is 0 Å². The first-order valence-electron chi connectivity index (χ1n) is 6.73. The van der Waals surface area contributed by atoms with Crippen molar-refractivity contribution in [3.05, 3.63) is 17.0 Å². The summed E-state index contributed by atoms with van der Waals surface area (Å²) in [7, 11) is 1.85. The minimum Gasteiger partial charge on any atom is -0.481 e. The SMILES string of the molecule is Cc1nn(C)c(C)c1C(C)C(=O)NCC(C)CC(=O)O. The molecule has 20 heavy (non-hydrogen) atoms. The van der Waals surface area contributed by atoms with Crippen LogP contribution in [0, 0.1) is 19.8 Å². The highest BCUT2D eigenvalue weighted by Crippen LogP contribution is 2.22. The van der Waals surface area contributed by atoms with E-state index in [0.717, 1.165) is 17.0 Å². The van der Waals surface area contributed by atoms with Crippen LogP contribution in [0.1, 0.15) is 43.1 Å². The zero-order chi connectivity index (χ0) is 15.4. The predicted molar refractivity (Wildman–Crippen MR) is 75.5 cm³/mol. The molecule has 0 aliphatic heterocycles. The number of aryl methyl sites for hydroxylation is 2. The Labute approximate surface area is 119 Å². The molecule has 1 aromatic rings. The summed E-state index contributed by atoms with van der Waals surface area (Å²) in [5.74, 6) is -1.32. The Morgan fingerprint density at radius 3 is 2.40 bits per heavy atom. The number of carboxylic acids is 1. The van der Waals surface area contributed by atoms with Gasteiger partial charge >= 0.3 is 5.97 Å². The van der Waals surface area contributed by atoms with E-state index in [-0.39, 0.29) is 24.2 Å². The number of aromatic nitrogens is 2. The molecule has 0 bridgehead atoms. The average molecular weight is 281 g/mol. The number of carbonyl (C=O) groups is 2. The third kappa shape index (κ3) is 3.82. The molecule has 2 unspecified atom stereocenters. The van der Waals surface area contributed by atoms with Crippen molar-refractivity contribution >= 4 is 11.9 Å². The normalized spacial score (nSPS) is 13.8. The summed E-state index contributed by atoms with van der Waals surface area (Å²) in [6.45, 7) is 7.84. The fraction of sp³-hybridized carbons (Fsp3) is 0.643. The zero-order valence-electron chi connectivity index (χ0n) is 12.7. The molecule has 112 valence electrons. The maximum Gasteiger partial charge on any atom is 0.303 e. The van der Waals surface area contributed by atoms with Gasteiger partial charge in [0.15, 0.2) is 0 Å². The highest BCUT2D eigenvalue weighted by atomic mass is 16.4. The van der Waals surface area contributed by atoms with Gasteiger partial charge in [-0.1, -0.05) is 6.92 Å². The number of rotatable bonds is 6. The largest absolute Gasteiger partial charge is 0.481 e. The molecule has 1 heterocycles. The summed E-state index contributed by atoms with van der Waals surface area (Å²) in [6.07, 6.45) is 0.0552. The third-order valence-electron chi connectivity index (χ3n) is 3.54. The van der Waals surface area contributed by atoms with Gasteiger partial charge in [-0.25, -0.2) is 0 Å². The molecular weight excluding hydrogens is 258 g/mol. The molecule has 0 aliphatic rings. The van der Waals surface area contributed by atoms with Gasteiger partial charge in [0.25, 0.3) is 0 Å². The lowest BCUT2D eigenvalue weighted by Crippen LogP contribution is -2.32. The third-order valence-corrected chi connectivity index (χ3v) is 3.54. The van der Waals surface area contributed by atoms with Gasteiger partial charge in [0, 0.05) is 31.3 Å². The Balaban J connectivity index is 2.66. The van der Waals surface area contributed by atoms with E-state index < -0.39 is 5.97 Å². The second-order valence-corrected chi connectivity index (χ2v) is 5.38. The molecule has 0 fully saturated rings. The Hall–Kier alpha value is -1.85. The second-order valence-electron chi connectivity index (χ2n) is 5.38. The van der Waals surface area contributed by atoms with E-state index in [0.29, 0.717) is 6.54 Å².